The van der Waals surface area contributed by atoms with Crippen molar-refractivity contribution in [2.45, 2.75) is 26.5 Å². The molecule has 0 amide bonds. The fourth-order valence-corrected chi connectivity index (χ4v) is 4.47. The van der Waals surface area contributed by atoms with Crippen molar-refractivity contribution in [1.29, 1.82) is 0 Å². The van der Waals surface area contributed by atoms with Crippen LogP contribution in [0.15, 0.2) is 90.1 Å². The van der Waals surface area contributed by atoms with Crippen LogP contribution in [-0.4, -0.2) is 27.3 Å². The molecule has 0 fully saturated rings. The fourth-order valence-electron chi connectivity index (χ4n) is 4.25. The quantitative estimate of drug-likeness (QED) is 0.312. The zero-order valence-electron chi connectivity index (χ0n) is 19.9. The minimum atomic E-state index is -0.615. The maximum atomic E-state index is 13.5. The number of carbonyl (C=O) groups excluding carboxylic acids is 1. The molecule has 1 aliphatic rings. The van der Waals surface area contributed by atoms with Crippen molar-refractivity contribution >= 4 is 23.5 Å². The largest absolute Gasteiger partial charge is 0.494 e. The summed E-state index contributed by atoms with van der Waals surface area (Å²) in [5.74, 6) is 1.17. The number of para-hydroxylation sites is 1. The van der Waals surface area contributed by atoms with Crippen LogP contribution in [0.1, 0.15) is 31.0 Å². The molecule has 0 saturated heterocycles. The van der Waals surface area contributed by atoms with Crippen molar-refractivity contribution in [3.05, 3.63) is 106 Å². The Bertz CT molecular complexity index is 1430. The predicted molar refractivity (Wildman–Crippen MR) is 139 cm³/mol. The minimum Gasteiger partial charge on any atom is -0.494 e. The van der Waals surface area contributed by atoms with E-state index in [9.17, 15) is 4.79 Å². The molecule has 1 atom stereocenters. The van der Waals surface area contributed by atoms with E-state index in [2.05, 4.69) is 5.32 Å². The third kappa shape index (κ3) is 4.57. The Morgan fingerprint density at radius 2 is 1.75 bits per heavy atom. The number of allylic oxidation sites excluding steroid dienone is 1. The van der Waals surface area contributed by atoms with Gasteiger partial charge >= 0.3 is 5.97 Å². The lowest BCUT2D eigenvalue weighted by atomic mass is 9.95. The lowest BCUT2D eigenvalue weighted by molar-refractivity contribution is -0.140. The first-order valence-corrected chi connectivity index (χ1v) is 12.1. The van der Waals surface area contributed by atoms with Gasteiger partial charge in [0.15, 0.2) is 5.82 Å². The predicted octanol–water partition coefficient (Wildman–Crippen LogP) is 6.03. The Hall–Kier alpha value is -4.10. The highest BCUT2D eigenvalue weighted by Crippen LogP contribution is 2.40. The SMILES string of the molecule is CCOc1ccccc1[C@H]1C(C(=O)OCc2ccccc2)=C(C)Nc2nc(-c3ccccc3Cl)nn21. The average Bonchev–Trinajstić information content (AvgIpc) is 3.31. The summed E-state index contributed by atoms with van der Waals surface area (Å²) in [6, 6.07) is 24.0. The maximum Gasteiger partial charge on any atom is 0.338 e. The van der Waals surface area contributed by atoms with Crippen LogP contribution < -0.4 is 10.1 Å². The third-order valence-corrected chi connectivity index (χ3v) is 6.24. The van der Waals surface area contributed by atoms with Crippen LogP contribution in [-0.2, 0) is 16.1 Å². The number of esters is 1. The van der Waals surface area contributed by atoms with Gasteiger partial charge in [-0.15, -0.1) is 5.10 Å². The van der Waals surface area contributed by atoms with Gasteiger partial charge in [0.05, 0.1) is 17.2 Å². The van der Waals surface area contributed by atoms with Gasteiger partial charge in [0.2, 0.25) is 5.95 Å². The lowest BCUT2D eigenvalue weighted by Crippen LogP contribution is -2.30. The Morgan fingerprint density at radius 1 is 1.03 bits per heavy atom. The number of rotatable bonds is 7. The minimum absolute atomic E-state index is 0.158. The third-order valence-electron chi connectivity index (χ3n) is 5.91. The van der Waals surface area contributed by atoms with E-state index in [0.717, 1.165) is 11.1 Å². The van der Waals surface area contributed by atoms with Gasteiger partial charge in [0.25, 0.3) is 0 Å². The number of fused-ring (bicyclic) bond motifs is 1. The topological polar surface area (TPSA) is 78.3 Å². The summed E-state index contributed by atoms with van der Waals surface area (Å²) in [5, 5.41) is 8.56. The zero-order chi connectivity index (χ0) is 25.1. The summed E-state index contributed by atoms with van der Waals surface area (Å²) in [6.45, 7) is 4.40. The van der Waals surface area contributed by atoms with Crippen LogP contribution in [0.4, 0.5) is 5.95 Å². The molecular formula is C28H25ClN4O3. The van der Waals surface area contributed by atoms with Crippen LogP contribution in [0.3, 0.4) is 0 Å². The lowest BCUT2D eigenvalue weighted by Gasteiger charge is -2.29. The van der Waals surface area contributed by atoms with Crippen molar-refractivity contribution in [2.75, 3.05) is 11.9 Å². The van der Waals surface area contributed by atoms with Crippen LogP contribution in [0.5, 0.6) is 5.75 Å². The van der Waals surface area contributed by atoms with Gasteiger partial charge in [0, 0.05) is 16.8 Å². The summed E-state index contributed by atoms with van der Waals surface area (Å²) < 4.78 is 13.4. The summed E-state index contributed by atoms with van der Waals surface area (Å²) in [6.07, 6.45) is 0. The number of hydrogen-bond acceptors (Lipinski definition) is 6. The molecule has 0 radical (unpaired) electrons. The van der Waals surface area contributed by atoms with E-state index in [1.54, 1.807) is 10.7 Å². The molecule has 182 valence electrons. The summed E-state index contributed by atoms with van der Waals surface area (Å²) >= 11 is 6.44. The number of anilines is 1. The molecule has 0 spiro atoms. The van der Waals surface area contributed by atoms with Crippen molar-refractivity contribution in [2.24, 2.45) is 0 Å². The molecule has 5 rings (SSSR count). The van der Waals surface area contributed by atoms with Crippen molar-refractivity contribution in [1.82, 2.24) is 14.8 Å². The van der Waals surface area contributed by atoms with Crippen LogP contribution in [0, 0.1) is 0 Å². The molecule has 36 heavy (non-hydrogen) atoms. The van der Waals surface area contributed by atoms with Gasteiger partial charge in [-0.25, -0.2) is 9.48 Å². The summed E-state index contributed by atoms with van der Waals surface area (Å²) in [5.41, 5.74) is 3.45. The van der Waals surface area contributed by atoms with Gasteiger partial charge in [-0.05, 0) is 37.6 Å². The Labute approximate surface area is 214 Å². The molecule has 0 aliphatic carbocycles. The van der Waals surface area contributed by atoms with E-state index < -0.39 is 12.0 Å². The molecular weight excluding hydrogens is 476 g/mol. The second-order valence-corrected chi connectivity index (χ2v) is 8.69. The second kappa shape index (κ2) is 10.3. The monoisotopic (exact) mass is 500 g/mol. The number of halogens is 1. The first kappa shape index (κ1) is 23.6. The zero-order valence-corrected chi connectivity index (χ0v) is 20.7. The van der Waals surface area contributed by atoms with Gasteiger partial charge in [-0.1, -0.05) is 72.3 Å². The number of ether oxygens (including phenoxy) is 2. The van der Waals surface area contributed by atoms with E-state index in [1.165, 1.54) is 0 Å². The van der Waals surface area contributed by atoms with Crippen molar-refractivity contribution in [3.8, 4) is 17.1 Å². The highest BCUT2D eigenvalue weighted by molar-refractivity contribution is 6.33. The normalized spacial score (nSPS) is 14.7. The van der Waals surface area contributed by atoms with Crippen molar-refractivity contribution in [3.63, 3.8) is 0 Å². The van der Waals surface area contributed by atoms with Crippen LogP contribution >= 0.6 is 11.6 Å². The summed E-state index contributed by atoms with van der Waals surface area (Å²) in [7, 11) is 0. The molecule has 4 aromatic rings. The first-order chi connectivity index (χ1) is 17.6. The highest BCUT2D eigenvalue weighted by atomic mass is 35.5. The number of hydrogen-bond donors (Lipinski definition) is 1. The second-order valence-electron chi connectivity index (χ2n) is 8.28. The summed E-state index contributed by atoms with van der Waals surface area (Å²) in [4.78, 5) is 18.2. The molecule has 7 nitrogen and oxygen atoms in total. The van der Waals surface area contributed by atoms with E-state index >= 15 is 0 Å². The molecule has 8 heteroatoms. The van der Waals surface area contributed by atoms with Gasteiger partial charge < -0.3 is 14.8 Å². The number of nitrogens with one attached hydrogen (secondary N) is 1. The van der Waals surface area contributed by atoms with E-state index in [-0.39, 0.29) is 6.61 Å². The number of aromatic nitrogens is 3. The molecule has 2 heterocycles. The van der Waals surface area contributed by atoms with Gasteiger partial charge in [0.1, 0.15) is 18.4 Å². The molecule has 1 N–H and O–H groups in total. The average molecular weight is 501 g/mol. The fraction of sp³-hybridized carbons (Fsp3) is 0.179. The van der Waals surface area contributed by atoms with Gasteiger partial charge in [-0.2, -0.15) is 4.98 Å². The number of benzene rings is 3. The molecule has 1 aliphatic heterocycles. The van der Waals surface area contributed by atoms with Gasteiger partial charge in [-0.3, -0.25) is 0 Å². The Morgan fingerprint density at radius 3 is 2.53 bits per heavy atom. The maximum absolute atomic E-state index is 13.5. The van der Waals surface area contributed by atoms with Crippen molar-refractivity contribution < 1.29 is 14.3 Å². The smallest absolute Gasteiger partial charge is 0.338 e. The molecule has 0 unspecified atom stereocenters. The Kier molecular flexibility index (Phi) is 6.73. The molecule has 0 saturated carbocycles. The van der Waals surface area contributed by atoms with E-state index in [1.807, 2.05) is 86.6 Å². The molecule has 3 aromatic carbocycles. The van der Waals surface area contributed by atoms with E-state index in [0.29, 0.717) is 46.0 Å². The highest BCUT2D eigenvalue weighted by Gasteiger charge is 2.37. The van der Waals surface area contributed by atoms with E-state index in [4.69, 9.17) is 31.2 Å². The molecule has 1 aromatic heterocycles. The van der Waals surface area contributed by atoms with Crippen LogP contribution in [0.25, 0.3) is 11.4 Å². The Balaban J connectivity index is 1.59. The standard InChI is InChI=1S/C28H25ClN4O3/c1-3-35-23-16-10-8-14-21(23)25-24(27(34)36-17-19-11-5-4-6-12-19)18(2)30-28-31-26(32-33(25)28)20-13-7-9-15-22(20)29/h4-16,25H,3,17H2,1-2H3,(H,30,31,32)/t25-/m0/s1. The number of carbonyl (C=O) groups is 1. The first-order valence-electron chi connectivity index (χ1n) is 11.7. The number of nitrogens with zero attached hydrogens (tertiary/aromatic N) is 3. The van der Waals surface area contributed by atoms with Crippen LogP contribution in [0.2, 0.25) is 5.02 Å². The molecule has 0 bridgehead atoms.